The van der Waals surface area contributed by atoms with Gasteiger partial charge in [0.25, 0.3) is 5.91 Å². The average Bonchev–Trinajstić information content (AvgIpc) is 3.51. The summed E-state index contributed by atoms with van der Waals surface area (Å²) < 4.78 is 4.80. The molecule has 0 saturated carbocycles. The third-order valence-electron chi connectivity index (χ3n) is 7.81. The number of fused-ring (bicyclic) bond motifs is 2. The molecule has 1 amide bonds. The predicted octanol–water partition coefficient (Wildman–Crippen LogP) is 8.72. The van der Waals surface area contributed by atoms with Crippen LogP contribution in [0, 0.1) is 6.92 Å². The zero-order chi connectivity index (χ0) is 33.0. The molecule has 0 aliphatic carbocycles. The number of hydrogen-bond acceptors (Lipinski definition) is 5. The first kappa shape index (κ1) is 35.6. The van der Waals surface area contributed by atoms with E-state index >= 15 is 0 Å². The summed E-state index contributed by atoms with van der Waals surface area (Å²) in [6, 6.07) is 23.2. The van der Waals surface area contributed by atoms with E-state index in [2.05, 4.69) is 97.4 Å². The normalized spacial score (nSPS) is 18.0. The smallest absolute Gasteiger partial charge is 0.303 e. The quantitative estimate of drug-likeness (QED) is 0.222. The number of para-hydroxylation sites is 1. The van der Waals surface area contributed by atoms with Crippen LogP contribution in [0.15, 0.2) is 72.8 Å². The van der Waals surface area contributed by atoms with Gasteiger partial charge in [-0.05, 0) is 74.6 Å². The van der Waals surface area contributed by atoms with Gasteiger partial charge in [0.05, 0.1) is 6.04 Å². The Labute approximate surface area is 271 Å². The Kier molecular flexibility index (Phi) is 13.4. The number of nitrogens with one attached hydrogen (secondary N) is 3. The first-order chi connectivity index (χ1) is 21.5. The Hall–Kier alpha value is -3.90. The lowest BCUT2D eigenvalue weighted by atomic mass is 9.84. The number of ether oxygens (including phenoxy) is 1. The molecule has 0 bridgehead atoms. The molecule has 2 heterocycles. The molecule has 0 fully saturated rings. The van der Waals surface area contributed by atoms with Crippen LogP contribution < -0.4 is 16.0 Å². The number of aryl methyl sites for hydroxylation is 1. The molecule has 6 nitrogen and oxygen atoms in total. The van der Waals surface area contributed by atoms with E-state index in [9.17, 15) is 9.59 Å². The second-order valence-corrected chi connectivity index (χ2v) is 12.8. The van der Waals surface area contributed by atoms with Crippen molar-refractivity contribution in [2.24, 2.45) is 0 Å². The molecule has 0 radical (unpaired) electrons. The number of rotatable bonds is 8. The number of esters is 1. The Morgan fingerprint density at radius 2 is 1.62 bits per heavy atom. The van der Waals surface area contributed by atoms with Crippen LogP contribution in [0.1, 0.15) is 118 Å². The van der Waals surface area contributed by atoms with Crippen LogP contribution in [0.25, 0.3) is 6.08 Å². The minimum Gasteiger partial charge on any atom is -0.460 e. The second-order valence-electron chi connectivity index (χ2n) is 12.8. The van der Waals surface area contributed by atoms with E-state index in [1.54, 1.807) is 0 Å². The lowest BCUT2D eigenvalue weighted by Gasteiger charge is -2.27. The van der Waals surface area contributed by atoms with Gasteiger partial charge < -0.3 is 20.7 Å². The summed E-state index contributed by atoms with van der Waals surface area (Å²) in [6.07, 6.45) is 8.29. The van der Waals surface area contributed by atoms with Crippen molar-refractivity contribution in [3.8, 4) is 0 Å². The Balaban J connectivity index is 0.000000359. The molecule has 2 aliphatic heterocycles. The number of hydrogen-bond donors (Lipinski definition) is 3. The molecule has 3 atom stereocenters. The standard InChI is InChI=1S/C28H29N3O.C6H12O2.C5H12/c1-3-8-20-14-13-19(15-18(20)2)16-29-17-25-26(23-11-6-7-12-24(23)30-25)27-21-9-4-5-10-22(21)28(32)31-27;1-5(7)8-6(2,3)4;1-3-5-4-2/h3-15,25-27,29-30H,16-17H2,1-2H3,(H,31,32);1-4H3;3-5H2,1-2H3/b8-3-;;. The van der Waals surface area contributed by atoms with E-state index in [-0.39, 0.29) is 35.5 Å². The Bertz CT molecular complexity index is 1440. The van der Waals surface area contributed by atoms with E-state index < -0.39 is 0 Å². The van der Waals surface area contributed by atoms with E-state index in [4.69, 9.17) is 4.74 Å². The molecular formula is C39H53N3O3. The minimum atomic E-state index is -0.328. The molecule has 3 unspecified atom stereocenters. The summed E-state index contributed by atoms with van der Waals surface area (Å²) in [4.78, 5) is 22.8. The fourth-order valence-corrected chi connectivity index (χ4v) is 5.94. The highest BCUT2D eigenvalue weighted by Gasteiger charge is 2.42. The summed E-state index contributed by atoms with van der Waals surface area (Å²) in [5.74, 6) is -0.0269. The van der Waals surface area contributed by atoms with Crippen LogP contribution in [0.3, 0.4) is 0 Å². The first-order valence-electron chi connectivity index (χ1n) is 16.4. The third kappa shape index (κ3) is 10.3. The van der Waals surface area contributed by atoms with E-state index in [0.717, 1.165) is 29.9 Å². The van der Waals surface area contributed by atoms with Crippen LogP contribution in [0.2, 0.25) is 0 Å². The van der Waals surface area contributed by atoms with Crippen molar-refractivity contribution in [3.05, 3.63) is 106 Å². The van der Waals surface area contributed by atoms with Gasteiger partial charge in [0, 0.05) is 43.2 Å². The fraction of sp³-hybridized carbons (Fsp3) is 0.436. The number of benzene rings is 3. The highest BCUT2D eigenvalue weighted by atomic mass is 16.6. The van der Waals surface area contributed by atoms with Crippen molar-refractivity contribution in [2.75, 3.05) is 11.9 Å². The molecule has 3 aromatic carbocycles. The predicted molar refractivity (Wildman–Crippen MR) is 188 cm³/mol. The highest BCUT2D eigenvalue weighted by molar-refractivity contribution is 5.99. The minimum absolute atomic E-state index is 0.0241. The molecule has 3 aromatic rings. The Morgan fingerprint density at radius 1 is 0.956 bits per heavy atom. The maximum Gasteiger partial charge on any atom is 0.303 e. The van der Waals surface area contributed by atoms with Gasteiger partial charge in [0.2, 0.25) is 0 Å². The summed E-state index contributed by atoms with van der Waals surface area (Å²) in [7, 11) is 0. The SMILES string of the molecule is C/C=C\c1ccc(CNCC2Nc3ccccc3C2C2NC(=O)c3ccccc32)cc1C.CC(=O)OC(C)(C)C.CCCCC. The van der Waals surface area contributed by atoms with Gasteiger partial charge in [0.15, 0.2) is 0 Å². The maximum atomic E-state index is 12.6. The summed E-state index contributed by atoms with van der Waals surface area (Å²) in [5.41, 5.74) is 7.83. The average molecular weight is 612 g/mol. The van der Waals surface area contributed by atoms with Crippen LogP contribution in [-0.2, 0) is 16.1 Å². The molecule has 3 N–H and O–H groups in total. The van der Waals surface area contributed by atoms with Crippen molar-refractivity contribution >= 4 is 23.6 Å². The van der Waals surface area contributed by atoms with Gasteiger partial charge in [-0.15, -0.1) is 0 Å². The van der Waals surface area contributed by atoms with Gasteiger partial charge in [-0.1, -0.05) is 99.9 Å². The van der Waals surface area contributed by atoms with Crippen molar-refractivity contribution in [2.45, 2.75) is 105 Å². The molecule has 5 rings (SSSR count). The molecule has 0 spiro atoms. The van der Waals surface area contributed by atoms with Crippen molar-refractivity contribution in [3.63, 3.8) is 0 Å². The van der Waals surface area contributed by atoms with Gasteiger partial charge in [-0.3, -0.25) is 9.59 Å². The summed E-state index contributed by atoms with van der Waals surface area (Å²) >= 11 is 0. The maximum absolute atomic E-state index is 12.6. The van der Waals surface area contributed by atoms with E-state index in [0.29, 0.717) is 0 Å². The van der Waals surface area contributed by atoms with Crippen molar-refractivity contribution in [1.29, 1.82) is 0 Å². The third-order valence-corrected chi connectivity index (χ3v) is 7.81. The fourth-order valence-electron chi connectivity index (χ4n) is 5.94. The number of anilines is 1. The summed E-state index contributed by atoms with van der Waals surface area (Å²) in [6.45, 7) is 17.2. The van der Waals surface area contributed by atoms with Gasteiger partial charge >= 0.3 is 5.97 Å². The molecule has 242 valence electrons. The van der Waals surface area contributed by atoms with E-state index in [1.807, 2.05) is 45.9 Å². The zero-order valence-corrected chi connectivity index (χ0v) is 28.5. The molecular weight excluding hydrogens is 558 g/mol. The van der Waals surface area contributed by atoms with Crippen molar-refractivity contribution < 1.29 is 14.3 Å². The molecule has 6 heteroatoms. The molecule has 0 aromatic heterocycles. The van der Waals surface area contributed by atoms with Crippen LogP contribution in [0.5, 0.6) is 0 Å². The second kappa shape index (κ2) is 17.0. The summed E-state index contributed by atoms with van der Waals surface area (Å²) in [5, 5.41) is 10.6. The highest BCUT2D eigenvalue weighted by Crippen LogP contribution is 2.45. The molecule has 45 heavy (non-hydrogen) atoms. The van der Waals surface area contributed by atoms with Crippen LogP contribution >= 0.6 is 0 Å². The zero-order valence-electron chi connectivity index (χ0n) is 28.5. The largest absolute Gasteiger partial charge is 0.460 e. The van der Waals surface area contributed by atoms with Crippen LogP contribution in [0.4, 0.5) is 5.69 Å². The van der Waals surface area contributed by atoms with Gasteiger partial charge in [-0.25, -0.2) is 0 Å². The topological polar surface area (TPSA) is 79.5 Å². The lowest BCUT2D eigenvalue weighted by Crippen LogP contribution is -2.38. The number of allylic oxidation sites excluding steroid dienone is 1. The first-order valence-corrected chi connectivity index (χ1v) is 16.4. The lowest BCUT2D eigenvalue weighted by molar-refractivity contribution is -0.151. The Morgan fingerprint density at radius 3 is 2.20 bits per heavy atom. The monoisotopic (exact) mass is 611 g/mol. The van der Waals surface area contributed by atoms with Crippen LogP contribution in [-0.4, -0.2) is 30.1 Å². The molecule has 0 saturated heterocycles. The van der Waals surface area contributed by atoms with E-state index in [1.165, 1.54) is 48.4 Å². The van der Waals surface area contributed by atoms with Gasteiger partial charge in [0.1, 0.15) is 5.60 Å². The van der Waals surface area contributed by atoms with Gasteiger partial charge in [-0.2, -0.15) is 0 Å². The number of amides is 1. The number of carbonyl (C=O) groups excluding carboxylic acids is 2. The number of unbranched alkanes of at least 4 members (excludes halogenated alkanes) is 2. The van der Waals surface area contributed by atoms with Crippen molar-refractivity contribution in [1.82, 2.24) is 10.6 Å². The molecule has 2 aliphatic rings. The number of carbonyl (C=O) groups is 2.